The Morgan fingerprint density at radius 3 is 2.66 bits per heavy atom. The summed E-state index contributed by atoms with van der Waals surface area (Å²) in [6, 6.07) is 13.9. The maximum atomic E-state index is 12.9. The van der Waals surface area contributed by atoms with Gasteiger partial charge in [-0.3, -0.25) is 4.79 Å². The third kappa shape index (κ3) is 4.44. The molecule has 0 fully saturated rings. The highest BCUT2D eigenvalue weighted by Crippen LogP contribution is 2.32. The van der Waals surface area contributed by atoms with Gasteiger partial charge in [0.2, 0.25) is 5.91 Å². The van der Waals surface area contributed by atoms with Crippen molar-refractivity contribution in [3.63, 3.8) is 0 Å². The smallest absolute Gasteiger partial charge is 0.416 e. The van der Waals surface area contributed by atoms with Crippen LogP contribution in [0.2, 0.25) is 0 Å². The lowest BCUT2D eigenvalue weighted by Gasteiger charge is -2.12. The van der Waals surface area contributed by atoms with Gasteiger partial charge in [-0.2, -0.15) is 13.2 Å². The van der Waals surface area contributed by atoms with Crippen molar-refractivity contribution in [2.45, 2.75) is 19.5 Å². The van der Waals surface area contributed by atoms with Crippen molar-refractivity contribution in [1.82, 2.24) is 9.38 Å². The maximum absolute atomic E-state index is 12.9. The van der Waals surface area contributed by atoms with Gasteiger partial charge in [0.05, 0.1) is 30.5 Å². The molecule has 0 saturated carbocycles. The first kappa shape index (κ1) is 21.4. The lowest BCUT2D eigenvalue weighted by molar-refractivity contribution is -0.137. The predicted molar refractivity (Wildman–Crippen MR) is 116 cm³/mol. The highest BCUT2D eigenvalue weighted by Gasteiger charge is 2.30. The minimum Gasteiger partial charge on any atom is -0.495 e. The summed E-state index contributed by atoms with van der Waals surface area (Å²) in [5.74, 6) is -0.0169. The molecule has 0 bridgehead atoms. The molecule has 0 atom stereocenters. The average Bonchev–Trinajstić information content (AvgIpc) is 3.19. The number of aromatic nitrogens is 2. The molecule has 0 aliphatic heterocycles. The summed E-state index contributed by atoms with van der Waals surface area (Å²) in [4.78, 5) is 17.2. The van der Waals surface area contributed by atoms with E-state index in [1.165, 1.54) is 19.2 Å². The van der Waals surface area contributed by atoms with E-state index in [0.717, 1.165) is 34.6 Å². The van der Waals surface area contributed by atoms with Gasteiger partial charge in [-0.25, -0.2) is 4.98 Å². The second-order valence-corrected chi connectivity index (χ2v) is 7.39. The Labute approximate surface area is 182 Å². The molecule has 0 radical (unpaired) electrons. The van der Waals surface area contributed by atoms with E-state index in [4.69, 9.17) is 4.74 Å². The summed E-state index contributed by atoms with van der Waals surface area (Å²) in [6.07, 6.45) is -0.875. The van der Waals surface area contributed by atoms with Crippen molar-refractivity contribution in [3.05, 3.63) is 83.7 Å². The zero-order valence-corrected chi connectivity index (χ0v) is 17.4. The van der Waals surface area contributed by atoms with E-state index in [-0.39, 0.29) is 12.0 Å². The zero-order valence-electron chi connectivity index (χ0n) is 17.4. The molecule has 0 saturated heterocycles. The number of nitrogens with one attached hydrogen (secondary N) is 1. The van der Waals surface area contributed by atoms with Crippen LogP contribution < -0.4 is 10.1 Å². The van der Waals surface area contributed by atoms with E-state index in [2.05, 4.69) is 10.3 Å². The summed E-state index contributed by atoms with van der Waals surface area (Å²) in [5, 5.41) is 2.74. The number of hydrogen-bond donors (Lipinski definition) is 1. The number of benzene rings is 2. The maximum Gasteiger partial charge on any atom is 0.416 e. The van der Waals surface area contributed by atoms with Gasteiger partial charge >= 0.3 is 6.18 Å². The first-order chi connectivity index (χ1) is 15.2. The number of rotatable bonds is 5. The highest BCUT2D eigenvalue weighted by atomic mass is 19.4. The van der Waals surface area contributed by atoms with Gasteiger partial charge in [0.25, 0.3) is 0 Å². The molecule has 0 aliphatic rings. The fourth-order valence-corrected chi connectivity index (χ4v) is 3.50. The number of imidazole rings is 1. The molecule has 4 rings (SSSR count). The molecule has 0 spiro atoms. The van der Waals surface area contributed by atoms with Gasteiger partial charge in [0.1, 0.15) is 11.4 Å². The van der Waals surface area contributed by atoms with Crippen LogP contribution in [0.5, 0.6) is 5.75 Å². The number of hydrogen-bond acceptors (Lipinski definition) is 3. The molecule has 1 N–H and O–H groups in total. The van der Waals surface area contributed by atoms with Crippen molar-refractivity contribution in [1.29, 1.82) is 0 Å². The first-order valence-electron chi connectivity index (χ1n) is 9.83. The second-order valence-electron chi connectivity index (χ2n) is 7.39. The number of carbonyl (C=O) groups is 1. The molecular weight excluding hydrogens is 419 g/mol. The number of amides is 1. The standard InChI is InChI=1S/C24H20F3N3O2/c1-15-5-4-10-30-14-20(29-23(15)30)17-8-9-21(32-2)19(13-17)28-22(31)12-16-6-3-7-18(11-16)24(25,26)27/h3-11,13-14H,12H2,1-2H3,(H,28,31). The van der Waals surface area contributed by atoms with Crippen LogP contribution in [0.4, 0.5) is 18.9 Å². The van der Waals surface area contributed by atoms with Gasteiger partial charge in [0.15, 0.2) is 0 Å². The Balaban J connectivity index is 1.59. The quantitative estimate of drug-likeness (QED) is 0.446. The average molecular weight is 439 g/mol. The summed E-state index contributed by atoms with van der Waals surface area (Å²) in [5.41, 5.74) is 3.23. The number of anilines is 1. The van der Waals surface area contributed by atoms with Gasteiger partial charge in [-0.05, 0) is 48.4 Å². The zero-order chi connectivity index (χ0) is 22.9. The van der Waals surface area contributed by atoms with Crippen LogP contribution in [-0.4, -0.2) is 22.4 Å². The molecule has 2 aromatic heterocycles. The number of methoxy groups -OCH3 is 1. The van der Waals surface area contributed by atoms with Gasteiger partial charge < -0.3 is 14.5 Å². The van der Waals surface area contributed by atoms with Crippen LogP contribution in [0, 0.1) is 6.92 Å². The van der Waals surface area contributed by atoms with Crippen molar-refractivity contribution in [2.75, 3.05) is 12.4 Å². The largest absolute Gasteiger partial charge is 0.495 e. The number of halogens is 3. The second kappa shape index (κ2) is 8.37. The van der Waals surface area contributed by atoms with Crippen LogP contribution in [-0.2, 0) is 17.4 Å². The number of alkyl halides is 3. The summed E-state index contributed by atoms with van der Waals surface area (Å²) in [7, 11) is 1.48. The van der Waals surface area contributed by atoms with Gasteiger partial charge in [-0.1, -0.05) is 24.3 Å². The van der Waals surface area contributed by atoms with E-state index >= 15 is 0 Å². The normalized spacial score (nSPS) is 11.5. The Bertz CT molecular complexity index is 1300. The molecule has 2 heterocycles. The third-order valence-corrected chi connectivity index (χ3v) is 5.07. The van der Waals surface area contributed by atoms with Gasteiger partial charge in [0, 0.05) is 18.0 Å². The van der Waals surface area contributed by atoms with Crippen molar-refractivity contribution < 1.29 is 22.7 Å². The Morgan fingerprint density at radius 1 is 1.12 bits per heavy atom. The lowest BCUT2D eigenvalue weighted by Crippen LogP contribution is -2.15. The van der Waals surface area contributed by atoms with Gasteiger partial charge in [-0.15, -0.1) is 0 Å². The molecule has 5 nitrogen and oxygen atoms in total. The number of nitrogens with zero attached hydrogens (tertiary/aromatic N) is 2. The summed E-state index contributed by atoms with van der Waals surface area (Å²) < 4.78 is 46.1. The molecule has 2 aromatic carbocycles. The molecular formula is C24H20F3N3O2. The van der Waals surface area contributed by atoms with Crippen LogP contribution in [0.1, 0.15) is 16.7 Å². The first-order valence-corrected chi connectivity index (χ1v) is 9.83. The minimum atomic E-state index is -4.46. The molecule has 4 aromatic rings. The molecule has 8 heteroatoms. The lowest BCUT2D eigenvalue weighted by atomic mass is 10.1. The van der Waals surface area contributed by atoms with Crippen molar-refractivity contribution in [3.8, 4) is 17.0 Å². The van der Waals surface area contributed by atoms with Crippen molar-refractivity contribution in [2.24, 2.45) is 0 Å². The molecule has 0 aliphatic carbocycles. The fourth-order valence-electron chi connectivity index (χ4n) is 3.50. The van der Waals surface area contributed by atoms with E-state index < -0.39 is 17.6 Å². The van der Waals surface area contributed by atoms with Crippen LogP contribution in [0.3, 0.4) is 0 Å². The molecule has 0 unspecified atom stereocenters. The van der Waals surface area contributed by atoms with Crippen LogP contribution >= 0.6 is 0 Å². The van der Waals surface area contributed by atoms with Crippen LogP contribution in [0.15, 0.2) is 67.0 Å². The molecule has 1 amide bonds. The Kier molecular flexibility index (Phi) is 5.61. The van der Waals surface area contributed by atoms with E-state index in [9.17, 15) is 18.0 Å². The van der Waals surface area contributed by atoms with E-state index in [1.807, 2.05) is 41.9 Å². The highest BCUT2D eigenvalue weighted by molar-refractivity contribution is 5.94. The Hall–Kier alpha value is -3.81. The van der Waals surface area contributed by atoms with E-state index in [1.54, 1.807) is 12.1 Å². The number of fused-ring (bicyclic) bond motifs is 1. The van der Waals surface area contributed by atoms with Crippen LogP contribution in [0.25, 0.3) is 16.9 Å². The predicted octanol–water partition coefficient (Wildman–Crippen LogP) is 5.52. The third-order valence-electron chi connectivity index (χ3n) is 5.07. The fraction of sp³-hybridized carbons (Fsp3) is 0.167. The topological polar surface area (TPSA) is 55.6 Å². The summed E-state index contributed by atoms with van der Waals surface area (Å²) in [6.45, 7) is 1.97. The monoisotopic (exact) mass is 439 g/mol. The number of carbonyl (C=O) groups excluding carboxylic acids is 1. The van der Waals surface area contributed by atoms with E-state index in [0.29, 0.717) is 11.4 Å². The molecule has 164 valence electrons. The van der Waals surface area contributed by atoms with Crippen molar-refractivity contribution >= 4 is 17.2 Å². The number of ether oxygens (including phenoxy) is 1. The Morgan fingerprint density at radius 2 is 1.94 bits per heavy atom. The molecule has 32 heavy (non-hydrogen) atoms. The number of aryl methyl sites for hydroxylation is 1. The minimum absolute atomic E-state index is 0.204. The SMILES string of the molecule is COc1ccc(-c2cn3cccc(C)c3n2)cc1NC(=O)Cc1cccc(C(F)(F)F)c1. The summed E-state index contributed by atoms with van der Waals surface area (Å²) >= 11 is 0. The number of pyridine rings is 1.